The van der Waals surface area contributed by atoms with Gasteiger partial charge < -0.3 is 18.5 Å². The average Bonchev–Trinajstić information content (AvgIpc) is 4.03. The average molecular weight is 894 g/mol. The molecule has 2 aliphatic rings. The molecule has 3 aromatic heterocycles. The van der Waals surface area contributed by atoms with Gasteiger partial charge in [-0.2, -0.15) is 0 Å². The maximum atomic E-state index is 6.93. The second-order valence-corrected chi connectivity index (χ2v) is 21.0. The third-order valence-corrected chi connectivity index (χ3v) is 16.1. The number of nitrogens with zero attached hydrogens (tertiary/aromatic N) is 3. The normalized spacial score (nSPS) is 13.4. The molecule has 326 valence electrons. The Hall–Kier alpha value is -7.41. The van der Waals surface area contributed by atoms with Crippen LogP contribution in [0.1, 0.15) is 51.7 Å². The molecule has 0 N–H and O–H groups in total. The minimum atomic E-state index is -0.100. The number of benzene rings is 9. The second kappa shape index (κ2) is 14.8. The van der Waals surface area contributed by atoms with Crippen LogP contribution in [0.3, 0.4) is 0 Å². The fraction of sp³-hybridized carbons (Fsp3) is 0.129. The van der Waals surface area contributed by atoms with Gasteiger partial charge in [-0.25, -0.2) is 0 Å². The molecule has 68 heavy (non-hydrogen) atoms. The Morgan fingerprint density at radius 2 is 1.06 bits per heavy atom. The van der Waals surface area contributed by atoms with E-state index in [1.165, 1.54) is 114 Å². The van der Waals surface area contributed by atoms with Crippen molar-refractivity contribution >= 4 is 117 Å². The van der Waals surface area contributed by atoms with Crippen molar-refractivity contribution in [2.45, 2.75) is 62.2 Å². The summed E-state index contributed by atoms with van der Waals surface area (Å²) >= 11 is 1.94. The van der Waals surface area contributed by atoms with Gasteiger partial charge in [-0.3, -0.25) is 0 Å². The van der Waals surface area contributed by atoms with Crippen molar-refractivity contribution in [3.63, 3.8) is 0 Å². The Kier molecular flexibility index (Phi) is 8.65. The summed E-state index contributed by atoms with van der Waals surface area (Å²) in [4.78, 5) is 5.26. The Labute approximate surface area is 400 Å². The molecule has 0 unspecified atom stereocenters. The largest absolute Gasteiger partial charge is 0.456 e. The molecule has 6 heteroatoms. The number of unbranched alkanes of at least 4 members (excludes halogenated alkanes) is 1. The first-order valence-electron chi connectivity index (χ1n) is 24.2. The highest BCUT2D eigenvalue weighted by molar-refractivity contribution is 8.00. The lowest BCUT2D eigenvalue weighted by molar-refractivity contribution is 0.589. The van der Waals surface area contributed by atoms with Gasteiger partial charge in [0.15, 0.2) is 0 Å². The van der Waals surface area contributed by atoms with Crippen molar-refractivity contribution in [2.75, 3.05) is 4.90 Å². The van der Waals surface area contributed by atoms with Gasteiger partial charge in [0, 0.05) is 70.4 Å². The lowest BCUT2D eigenvalue weighted by Crippen LogP contribution is -2.60. The molecule has 12 aromatic rings. The van der Waals surface area contributed by atoms with Gasteiger partial charge in [0.25, 0.3) is 0 Å². The predicted molar refractivity (Wildman–Crippen MR) is 290 cm³/mol. The highest BCUT2D eigenvalue weighted by Gasteiger charge is 2.43. The van der Waals surface area contributed by atoms with Crippen LogP contribution >= 0.6 is 11.8 Å². The van der Waals surface area contributed by atoms with Gasteiger partial charge in [0.2, 0.25) is 6.71 Å². The minimum absolute atomic E-state index is 0.0185. The van der Waals surface area contributed by atoms with Crippen LogP contribution in [-0.2, 0) is 11.8 Å². The fourth-order valence-corrected chi connectivity index (χ4v) is 13.0. The molecular formula is C62H48BN3OS. The Morgan fingerprint density at radius 3 is 1.66 bits per heavy atom. The molecule has 0 amide bonds. The smallest absolute Gasteiger partial charge is 0.249 e. The van der Waals surface area contributed by atoms with E-state index in [-0.39, 0.29) is 12.1 Å². The summed E-state index contributed by atoms with van der Waals surface area (Å²) in [6, 6.07) is 68.2. The minimum Gasteiger partial charge on any atom is -0.456 e. The standard InChI is InChI=1S/C62H48BN3OS/c1-5-6-17-47-54(33-30-46-45-22-11-16-27-57(45)67-61(46)47)66-55-36-39(64-50-23-12-7-18-41(50)42-19-8-13-24-51(42)64)28-31-48(55)63-49-32-29-40(65-52-25-14-9-20-43(52)44-21-10-15-26-53(44)65)37-58(49)68-59-35-38(62(2,3)4)34-56(66)60(59)63/h7-16,18-37H,5-6,17H2,1-4H3. The molecule has 14 rings (SSSR count). The Balaban J connectivity index is 1.06. The highest BCUT2D eigenvalue weighted by Crippen LogP contribution is 2.48. The van der Waals surface area contributed by atoms with Gasteiger partial charge in [0.05, 0.1) is 27.8 Å². The Bertz CT molecular complexity index is 3960. The number of hydrogen-bond donors (Lipinski definition) is 0. The third-order valence-electron chi connectivity index (χ3n) is 14.9. The number of aromatic nitrogens is 2. The van der Waals surface area contributed by atoms with Crippen LogP contribution in [0.4, 0.5) is 17.1 Å². The number of para-hydroxylation sites is 5. The van der Waals surface area contributed by atoms with Crippen LogP contribution < -0.4 is 21.3 Å². The molecule has 0 aliphatic carbocycles. The molecule has 0 fully saturated rings. The molecule has 0 saturated heterocycles. The van der Waals surface area contributed by atoms with Crippen LogP contribution in [0, 0.1) is 0 Å². The monoisotopic (exact) mass is 893 g/mol. The molecule has 4 nitrogen and oxygen atoms in total. The zero-order chi connectivity index (χ0) is 45.4. The first-order chi connectivity index (χ1) is 33.3. The third kappa shape index (κ3) is 5.70. The summed E-state index contributed by atoms with van der Waals surface area (Å²) in [6.45, 7) is 9.38. The van der Waals surface area contributed by atoms with Gasteiger partial charge in [-0.15, -0.1) is 0 Å². The summed E-state index contributed by atoms with van der Waals surface area (Å²) < 4.78 is 11.9. The maximum Gasteiger partial charge on any atom is 0.249 e. The molecular weight excluding hydrogens is 846 g/mol. The summed E-state index contributed by atoms with van der Waals surface area (Å²) in [5.41, 5.74) is 19.3. The number of furan rings is 1. The zero-order valence-corrected chi connectivity index (χ0v) is 39.5. The van der Waals surface area contributed by atoms with E-state index >= 15 is 0 Å². The van der Waals surface area contributed by atoms with Crippen molar-refractivity contribution in [1.29, 1.82) is 0 Å². The van der Waals surface area contributed by atoms with Gasteiger partial charge in [-0.1, -0.05) is 154 Å². The van der Waals surface area contributed by atoms with E-state index in [0.717, 1.165) is 36.1 Å². The number of hydrogen-bond acceptors (Lipinski definition) is 3. The fourth-order valence-electron chi connectivity index (χ4n) is 11.7. The number of aryl methyl sites for hydroxylation is 1. The van der Waals surface area contributed by atoms with E-state index in [2.05, 4.69) is 224 Å². The zero-order valence-electron chi connectivity index (χ0n) is 38.7. The molecule has 0 spiro atoms. The second-order valence-electron chi connectivity index (χ2n) is 19.9. The molecule has 0 saturated carbocycles. The van der Waals surface area contributed by atoms with Crippen molar-refractivity contribution in [2.24, 2.45) is 0 Å². The van der Waals surface area contributed by atoms with E-state index in [1.54, 1.807) is 0 Å². The van der Waals surface area contributed by atoms with Crippen LogP contribution in [0.2, 0.25) is 0 Å². The van der Waals surface area contributed by atoms with E-state index in [0.29, 0.717) is 0 Å². The van der Waals surface area contributed by atoms with Gasteiger partial charge >= 0.3 is 0 Å². The number of rotatable bonds is 6. The quantitative estimate of drug-likeness (QED) is 0.156. The molecule has 0 atom stereocenters. The summed E-state index contributed by atoms with van der Waals surface area (Å²) in [5.74, 6) is 0. The first-order valence-corrected chi connectivity index (χ1v) is 25.0. The van der Waals surface area contributed by atoms with E-state index in [1.807, 2.05) is 11.8 Å². The molecule has 0 radical (unpaired) electrons. The maximum absolute atomic E-state index is 6.93. The molecule has 2 aliphatic heterocycles. The Morgan fingerprint density at radius 1 is 0.500 bits per heavy atom. The van der Waals surface area contributed by atoms with E-state index in [4.69, 9.17) is 4.42 Å². The molecule has 5 heterocycles. The van der Waals surface area contributed by atoms with Crippen molar-refractivity contribution in [3.8, 4) is 11.4 Å². The highest BCUT2D eigenvalue weighted by atomic mass is 32.2. The van der Waals surface area contributed by atoms with Gasteiger partial charge in [0.1, 0.15) is 11.2 Å². The lowest BCUT2D eigenvalue weighted by atomic mass is 9.34. The number of fused-ring (bicyclic) bond motifs is 13. The van der Waals surface area contributed by atoms with Crippen molar-refractivity contribution in [1.82, 2.24) is 9.13 Å². The van der Waals surface area contributed by atoms with E-state index in [9.17, 15) is 0 Å². The molecule has 9 aromatic carbocycles. The van der Waals surface area contributed by atoms with Gasteiger partial charge in [-0.05, 0) is 114 Å². The van der Waals surface area contributed by atoms with E-state index < -0.39 is 0 Å². The summed E-state index contributed by atoms with van der Waals surface area (Å²) in [5, 5.41) is 7.42. The van der Waals surface area contributed by atoms with Crippen LogP contribution in [0.5, 0.6) is 0 Å². The van der Waals surface area contributed by atoms with Crippen molar-refractivity contribution in [3.05, 3.63) is 193 Å². The SMILES string of the molecule is CCCCc1c(N2c3cc(-n4c5ccccc5c5ccccc54)ccc3B3c4ccc(-n5c6ccccc6c6ccccc65)cc4Sc4cc(C(C)(C)C)cc2c43)ccc2c1oc1ccccc12. The summed E-state index contributed by atoms with van der Waals surface area (Å²) in [7, 11) is 0. The van der Waals surface area contributed by atoms with Crippen LogP contribution in [0.15, 0.2) is 196 Å². The topological polar surface area (TPSA) is 26.2 Å². The van der Waals surface area contributed by atoms with Crippen LogP contribution in [0.25, 0.3) is 76.9 Å². The number of anilines is 3. The molecule has 0 bridgehead atoms. The van der Waals surface area contributed by atoms with Crippen molar-refractivity contribution < 1.29 is 4.42 Å². The first kappa shape index (κ1) is 39.7. The summed E-state index contributed by atoms with van der Waals surface area (Å²) in [6.07, 6.45) is 3.06. The predicted octanol–water partition coefficient (Wildman–Crippen LogP) is 15.2. The lowest BCUT2D eigenvalue weighted by Gasteiger charge is -2.42. The van der Waals surface area contributed by atoms with Crippen LogP contribution in [-0.4, -0.2) is 15.8 Å².